The maximum atomic E-state index is 13.5. The van der Waals surface area contributed by atoms with Gasteiger partial charge in [0.2, 0.25) is 0 Å². The maximum absolute atomic E-state index is 13.5. The van der Waals surface area contributed by atoms with Crippen molar-refractivity contribution in [3.8, 4) is 17.1 Å². The molecule has 1 aromatic heterocycles. The summed E-state index contributed by atoms with van der Waals surface area (Å²) in [4.78, 5) is 16.8. The minimum absolute atomic E-state index is 0.155. The van der Waals surface area contributed by atoms with Crippen molar-refractivity contribution in [3.63, 3.8) is 0 Å². The number of allylic oxidation sites excluding steroid dienone is 1. The van der Waals surface area contributed by atoms with Crippen LogP contribution in [-0.2, 0) is 14.1 Å². The van der Waals surface area contributed by atoms with Crippen LogP contribution in [0.5, 0.6) is 6.01 Å². The number of nitrogens with one attached hydrogen (secondary N) is 1. The van der Waals surface area contributed by atoms with Gasteiger partial charge in [0.05, 0.1) is 11.5 Å². The highest BCUT2D eigenvalue weighted by molar-refractivity contribution is 6.21. The Balaban J connectivity index is 1.63. The van der Waals surface area contributed by atoms with Gasteiger partial charge >= 0.3 is 17.4 Å². The Bertz CT molecular complexity index is 1600. The quantitative estimate of drug-likeness (QED) is 0.411. The zero-order chi connectivity index (χ0) is 23.6. The second kappa shape index (κ2) is 7.28. The molecule has 0 saturated heterocycles. The molecule has 4 aromatic rings. The van der Waals surface area contributed by atoms with Gasteiger partial charge in [-0.2, -0.15) is 0 Å². The lowest BCUT2D eigenvalue weighted by molar-refractivity contribution is -0.723. The second-order valence-corrected chi connectivity index (χ2v) is 8.71. The van der Waals surface area contributed by atoms with Crippen LogP contribution in [0.3, 0.4) is 0 Å². The van der Waals surface area contributed by atoms with Crippen LogP contribution in [0.2, 0.25) is 0 Å². The Morgan fingerprint density at radius 2 is 1.47 bits per heavy atom. The number of rotatable bonds is 2. The van der Waals surface area contributed by atoms with Gasteiger partial charge in [0.15, 0.2) is 11.3 Å². The van der Waals surface area contributed by atoms with E-state index in [9.17, 15) is 15.0 Å². The van der Waals surface area contributed by atoms with Crippen LogP contribution >= 0.6 is 0 Å². The largest absolute Gasteiger partial charge is 0.519 e. The first-order valence-corrected chi connectivity index (χ1v) is 11.1. The zero-order valence-corrected chi connectivity index (χ0v) is 18.8. The number of hydrogen-bond donors (Lipinski definition) is 3. The van der Waals surface area contributed by atoms with Gasteiger partial charge in [-0.25, -0.2) is 9.79 Å². The fourth-order valence-corrected chi connectivity index (χ4v) is 5.12. The molecular weight excluding hydrogens is 426 g/mol. The molecule has 3 aromatic carbocycles. The fourth-order valence-electron chi connectivity index (χ4n) is 5.12. The third kappa shape index (κ3) is 2.72. The molecule has 0 amide bonds. The molecule has 0 saturated carbocycles. The first kappa shape index (κ1) is 20.2. The van der Waals surface area contributed by atoms with E-state index in [0.29, 0.717) is 17.0 Å². The molecule has 0 bridgehead atoms. The van der Waals surface area contributed by atoms with E-state index in [1.165, 1.54) is 4.57 Å². The van der Waals surface area contributed by atoms with Crippen molar-refractivity contribution in [1.29, 1.82) is 0 Å². The zero-order valence-electron chi connectivity index (χ0n) is 18.8. The van der Waals surface area contributed by atoms with Gasteiger partial charge in [-0.15, -0.1) is 9.13 Å². The molecule has 6 rings (SSSR count). The van der Waals surface area contributed by atoms with E-state index in [4.69, 9.17) is 0 Å². The monoisotopic (exact) mass is 449 g/mol. The molecular formula is C28H23N3O3+2. The highest BCUT2D eigenvalue weighted by atomic mass is 16.3. The summed E-state index contributed by atoms with van der Waals surface area (Å²) in [5.74, 6) is 0.175. The van der Waals surface area contributed by atoms with E-state index in [2.05, 4.69) is 17.1 Å². The normalized spacial score (nSPS) is 16.1. The van der Waals surface area contributed by atoms with Crippen molar-refractivity contribution in [1.82, 2.24) is 4.57 Å². The van der Waals surface area contributed by atoms with Crippen molar-refractivity contribution in [2.45, 2.75) is 5.92 Å². The molecule has 1 unspecified atom stereocenters. The highest BCUT2D eigenvalue weighted by Crippen LogP contribution is 2.43. The number of nitrogens with zero attached hydrogens (tertiary/aromatic N) is 2. The molecule has 3 N–H and O–H groups in total. The lowest BCUT2D eigenvalue weighted by Gasteiger charge is -2.22. The van der Waals surface area contributed by atoms with Crippen molar-refractivity contribution >= 4 is 17.3 Å². The summed E-state index contributed by atoms with van der Waals surface area (Å²) in [6.45, 7) is 0. The second-order valence-electron chi connectivity index (χ2n) is 8.71. The Labute approximate surface area is 196 Å². The van der Waals surface area contributed by atoms with Crippen LogP contribution in [0.4, 0.5) is 5.82 Å². The number of benzene rings is 3. The van der Waals surface area contributed by atoms with Crippen LogP contribution in [0.1, 0.15) is 28.2 Å². The molecule has 1 aliphatic carbocycles. The smallest absolute Gasteiger partial charge is 0.507 e. The van der Waals surface area contributed by atoms with Crippen molar-refractivity contribution in [2.24, 2.45) is 14.1 Å². The summed E-state index contributed by atoms with van der Waals surface area (Å²) in [7, 11) is 3.26. The standard InChI is InChI=1S/C28H21N3O3/c1-30-26-23(27(33)31(2)28(30)34)21(18-14-12-17(13-15-18)16-8-4-3-5-9-16)22-24(29-26)19-10-6-7-11-20(19)25(22)32/h3-15,21H,1-2H3,(H,29,32,33)/p+2. The third-order valence-corrected chi connectivity index (χ3v) is 6.87. The van der Waals surface area contributed by atoms with Gasteiger partial charge in [0, 0.05) is 11.1 Å². The van der Waals surface area contributed by atoms with Crippen molar-refractivity contribution < 1.29 is 19.8 Å². The summed E-state index contributed by atoms with van der Waals surface area (Å²) >= 11 is 0. The van der Waals surface area contributed by atoms with E-state index >= 15 is 0 Å². The molecule has 0 radical (unpaired) electrons. The lowest BCUT2D eigenvalue weighted by atomic mass is 9.81. The average Bonchev–Trinajstić information content (AvgIpc) is 3.17. The number of aliphatic hydroxyl groups excluding tert-OH is 1. The summed E-state index contributed by atoms with van der Waals surface area (Å²) in [5, 5.41) is 21.9. The van der Waals surface area contributed by atoms with Gasteiger partial charge in [0.1, 0.15) is 19.9 Å². The number of aliphatic hydroxyl groups is 1. The molecule has 2 heterocycles. The van der Waals surface area contributed by atoms with Gasteiger partial charge in [0.25, 0.3) is 0 Å². The molecule has 166 valence electrons. The number of fused-ring (bicyclic) bond motifs is 4. The van der Waals surface area contributed by atoms with Crippen molar-refractivity contribution in [2.75, 3.05) is 0 Å². The lowest BCUT2D eigenvalue weighted by Crippen LogP contribution is -2.75. The molecule has 1 atom stereocenters. The van der Waals surface area contributed by atoms with E-state index < -0.39 is 5.92 Å². The minimum Gasteiger partial charge on any atom is -0.507 e. The Hall–Kier alpha value is -4.45. The molecule has 0 fully saturated rings. The van der Waals surface area contributed by atoms with E-state index in [-0.39, 0.29) is 17.3 Å². The van der Waals surface area contributed by atoms with Gasteiger partial charge in [-0.05, 0) is 22.8 Å². The van der Waals surface area contributed by atoms with Gasteiger partial charge in [-0.1, -0.05) is 72.8 Å². The van der Waals surface area contributed by atoms with Crippen LogP contribution in [0.25, 0.3) is 16.9 Å². The first-order chi connectivity index (χ1) is 16.5. The fraction of sp³-hybridized carbons (Fsp3) is 0.107. The van der Waals surface area contributed by atoms with Gasteiger partial charge in [-0.3, -0.25) is 0 Å². The van der Waals surface area contributed by atoms with Gasteiger partial charge < -0.3 is 10.2 Å². The molecule has 34 heavy (non-hydrogen) atoms. The Morgan fingerprint density at radius 3 is 2.18 bits per heavy atom. The molecule has 0 spiro atoms. The molecule has 6 heteroatoms. The van der Waals surface area contributed by atoms with E-state index in [1.807, 2.05) is 66.7 Å². The number of aromatic nitrogens is 2. The molecule has 1 aliphatic heterocycles. The summed E-state index contributed by atoms with van der Waals surface area (Å²) in [6.07, 6.45) is 0. The van der Waals surface area contributed by atoms with Crippen molar-refractivity contribution in [3.05, 3.63) is 117 Å². The summed E-state index contributed by atoms with van der Waals surface area (Å²) in [5.41, 5.74) is 6.24. The number of aromatic hydroxyl groups is 1. The van der Waals surface area contributed by atoms with E-state index in [0.717, 1.165) is 33.5 Å². The molecule has 2 aliphatic rings. The predicted molar refractivity (Wildman–Crippen MR) is 129 cm³/mol. The third-order valence-electron chi connectivity index (χ3n) is 6.87. The Kier molecular flexibility index (Phi) is 4.32. The average molecular weight is 450 g/mol. The van der Waals surface area contributed by atoms with Crippen LogP contribution in [-0.4, -0.2) is 20.5 Å². The summed E-state index contributed by atoms with van der Waals surface area (Å²) in [6, 6.07) is 25.7. The molecule has 6 nitrogen and oxygen atoms in total. The first-order valence-electron chi connectivity index (χ1n) is 11.1. The number of hydrogen-bond acceptors (Lipinski definition) is 3. The predicted octanol–water partition coefficient (Wildman–Crippen LogP) is 2.21. The topological polar surface area (TPSA) is 80.3 Å². The van der Waals surface area contributed by atoms with Crippen LogP contribution in [0, 0.1) is 0 Å². The highest BCUT2D eigenvalue weighted by Gasteiger charge is 2.47. The minimum atomic E-state index is -0.506. The Morgan fingerprint density at radius 1 is 0.853 bits per heavy atom. The van der Waals surface area contributed by atoms with Crippen LogP contribution < -0.4 is 15.1 Å². The maximum Gasteiger partial charge on any atom is 0.519 e. The SMILES string of the molecule is Cn1c(O)[n+](C)c2c(c1=O)C(c1ccc(-c3ccccc3)cc1)C1=C(O)c3ccccc3C1=[NH+]2. The van der Waals surface area contributed by atoms with E-state index in [1.54, 1.807) is 18.7 Å². The summed E-state index contributed by atoms with van der Waals surface area (Å²) < 4.78 is 2.81. The van der Waals surface area contributed by atoms with Crippen LogP contribution in [0.15, 0.2) is 89.2 Å².